The lowest BCUT2D eigenvalue weighted by Crippen LogP contribution is -2.64. The van der Waals surface area contributed by atoms with E-state index >= 15 is 0 Å². The molecule has 0 bridgehead atoms. The van der Waals surface area contributed by atoms with Crippen LogP contribution < -0.4 is 0 Å². The largest absolute Gasteiger partial charge is 0.462 e. The highest BCUT2D eigenvalue weighted by molar-refractivity contribution is 5.89. The van der Waals surface area contributed by atoms with Crippen molar-refractivity contribution in [2.75, 3.05) is 0 Å². The molecule has 0 saturated heterocycles. The number of hydrogen-bond acceptors (Lipinski definition) is 4. The monoisotopic (exact) mass is 268 g/mol. The maximum absolute atomic E-state index is 12.4. The summed E-state index contributed by atoms with van der Waals surface area (Å²) in [5.41, 5.74) is -1.74. The summed E-state index contributed by atoms with van der Waals surface area (Å²) in [7, 11) is 0. The molecule has 108 valence electrons. The molecule has 4 heteroatoms. The average Bonchev–Trinajstić information content (AvgIpc) is 2.30. The highest BCUT2D eigenvalue weighted by Gasteiger charge is 2.61. The normalized spacial score (nSPS) is 46.6. The van der Waals surface area contributed by atoms with Crippen molar-refractivity contribution in [2.24, 2.45) is 17.3 Å². The first kappa shape index (κ1) is 14.5. The van der Waals surface area contributed by atoms with Gasteiger partial charge in [0.1, 0.15) is 11.7 Å². The van der Waals surface area contributed by atoms with Crippen molar-refractivity contribution in [3.63, 3.8) is 0 Å². The van der Waals surface area contributed by atoms with Crippen LogP contribution in [0.15, 0.2) is 0 Å². The van der Waals surface area contributed by atoms with E-state index in [2.05, 4.69) is 13.8 Å². The molecular formula is C15H24O4. The Labute approximate surface area is 114 Å². The molecule has 1 N–H and O–H groups in total. The number of Topliss-reactive ketones (excluding diaryl/α,β-unsaturated/α-hetero) is 1. The molecule has 2 saturated carbocycles. The number of fused-ring (bicyclic) bond motifs is 1. The van der Waals surface area contributed by atoms with Crippen molar-refractivity contribution in [3.8, 4) is 0 Å². The molecule has 0 unspecified atom stereocenters. The van der Waals surface area contributed by atoms with Gasteiger partial charge in [0.05, 0.1) is 0 Å². The second kappa shape index (κ2) is 4.58. The van der Waals surface area contributed by atoms with Crippen LogP contribution in [0.1, 0.15) is 53.4 Å². The van der Waals surface area contributed by atoms with Crippen LogP contribution in [0, 0.1) is 17.3 Å². The number of esters is 1. The van der Waals surface area contributed by atoms with Gasteiger partial charge in [0.15, 0.2) is 5.78 Å². The number of aliphatic hydroxyl groups is 1. The maximum atomic E-state index is 12.4. The fourth-order valence-electron chi connectivity index (χ4n) is 3.97. The summed E-state index contributed by atoms with van der Waals surface area (Å²) in [6.07, 6.45) is 1.78. The lowest BCUT2D eigenvalue weighted by Gasteiger charge is -2.57. The zero-order valence-corrected chi connectivity index (χ0v) is 12.2. The van der Waals surface area contributed by atoms with Gasteiger partial charge in [0, 0.05) is 25.2 Å². The molecule has 0 aliphatic heterocycles. The van der Waals surface area contributed by atoms with Crippen LogP contribution in [-0.2, 0) is 14.3 Å². The van der Waals surface area contributed by atoms with Crippen molar-refractivity contribution >= 4 is 11.8 Å². The molecule has 2 aliphatic rings. The average molecular weight is 268 g/mol. The van der Waals surface area contributed by atoms with Gasteiger partial charge >= 0.3 is 5.97 Å². The van der Waals surface area contributed by atoms with Crippen molar-refractivity contribution in [2.45, 2.75) is 65.1 Å². The molecule has 0 heterocycles. The highest BCUT2D eigenvalue weighted by atomic mass is 16.5. The molecule has 2 aliphatic carbocycles. The van der Waals surface area contributed by atoms with Crippen LogP contribution in [0.3, 0.4) is 0 Å². The highest BCUT2D eigenvalue weighted by Crippen LogP contribution is 2.56. The first-order valence-electron chi connectivity index (χ1n) is 7.13. The summed E-state index contributed by atoms with van der Waals surface area (Å²) in [6, 6.07) is 0. The summed E-state index contributed by atoms with van der Waals surface area (Å²) >= 11 is 0. The number of rotatable bonds is 1. The Kier molecular flexibility index (Phi) is 3.50. The molecule has 0 aromatic heterocycles. The minimum absolute atomic E-state index is 0.0857. The Hall–Kier alpha value is -0.900. The van der Waals surface area contributed by atoms with Crippen LogP contribution in [-0.4, -0.2) is 28.6 Å². The maximum Gasteiger partial charge on any atom is 0.302 e. The SMILES string of the molecule is CC(=O)O[C@@H]1CC[C@]2(C)[C@H](C)[C@@H](C)CC(=O)[C@]2(O)C1. The van der Waals surface area contributed by atoms with Gasteiger partial charge in [-0.25, -0.2) is 0 Å². The summed E-state index contributed by atoms with van der Waals surface area (Å²) in [4.78, 5) is 23.4. The van der Waals surface area contributed by atoms with E-state index in [4.69, 9.17) is 4.74 Å². The molecule has 0 radical (unpaired) electrons. The topological polar surface area (TPSA) is 63.6 Å². The summed E-state index contributed by atoms with van der Waals surface area (Å²) in [6.45, 7) is 7.57. The second-order valence-corrected chi connectivity index (χ2v) is 6.65. The van der Waals surface area contributed by atoms with Crippen molar-refractivity contribution in [1.82, 2.24) is 0 Å². The fourth-order valence-corrected chi connectivity index (χ4v) is 3.97. The number of ketones is 1. The Morgan fingerprint density at radius 3 is 2.63 bits per heavy atom. The number of hydrogen-bond donors (Lipinski definition) is 1. The van der Waals surface area contributed by atoms with Gasteiger partial charge in [0.2, 0.25) is 0 Å². The summed E-state index contributed by atoms with van der Waals surface area (Å²) < 4.78 is 5.21. The number of carbonyl (C=O) groups is 2. The smallest absolute Gasteiger partial charge is 0.302 e. The molecule has 2 fully saturated rings. The Morgan fingerprint density at radius 1 is 1.42 bits per heavy atom. The first-order chi connectivity index (χ1) is 8.70. The standard InChI is InChI=1S/C15H24O4/c1-9-7-13(17)15(18)8-12(19-11(3)16)5-6-14(15,4)10(9)2/h9-10,12,18H,5-8H2,1-4H3/t9-,10+,12+,14+,15+/m0/s1. The van der Waals surface area contributed by atoms with Gasteiger partial charge in [-0.2, -0.15) is 0 Å². The fraction of sp³-hybridized carbons (Fsp3) is 0.867. The van der Waals surface area contributed by atoms with Crippen molar-refractivity contribution in [3.05, 3.63) is 0 Å². The molecule has 5 atom stereocenters. The predicted molar refractivity (Wildman–Crippen MR) is 70.4 cm³/mol. The van der Waals surface area contributed by atoms with Crippen LogP contribution in [0.5, 0.6) is 0 Å². The molecule has 2 rings (SSSR count). The Morgan fingerprint density at radius 2 is 2.05 bits per heavy atom. The van der Waals surface area contributed by atoms with Gasteiger partial charge in [-0.05, 0) is 24.7 Å². The van der Waals surface area contributed by atoms with Gasteiger partial charge in [-0.1, -0.05) is 20.8 Å². The minimum Gasteiger partial charge on any atom is -0.462 e. The van der Waals surface area contributed by atoms with Gasteiger partial charge < -0.3 is 9.84 Å². The Balaban J connectivity index is 2.28. The lowest BCUT2D eigenvalue weighted by atomic mass is 9.50. The van der Waals surface area contributed by atoms with E-state index in [-0.39, 0.29) is 30.2 Å². The van der Waals surface area contributed by atoms with Crippen LogP contribution in [0.4, 0.5) is 0 Å². The van der Waals surface area contributed by atoms with E-state index < -0.39 is 11.0 Å². The molecule has 0 aromatic carbocycles. The zero-order valence-electron chi connectivity index (χ0n) is 12.2. The van der Waals surface area contributed by atoms with E-state index in [0.717, 1.165) is 12.8 Å². The first-order valence-corrected chi connectivity index (χ1v) is 7.13. The number of carbonyl (C=O) groups excluding carboxylic acids is 2. The van der Waals surface area contributed by atoms with E-state index in [1.165, 1.54) is 6.92 Å². The second-order valence-electron chi connectivity index (χ2n) is 6.65. The molecule has 0 amide bonds. The van der Waals surface area contributed by atoms with Crippen LogP contribution >= 0.6 is 0 Å². The predicted octanol–water partition coefficient (Wildman–Crippen LogP) is 2.08. The quantitative estimate of drug-likeness (QED) is 0.740. The van der Waals surface area contributed by atoms with E-state index in [9.17, 15) is 14.7 Å². The molecular weight excluding hydrogens is 244 g/mol. The van der Waals surface area contributed by atoms with Crippen LogP contribution in [0.2, 0.25) is 0 Å². The molecule has 4 nitrogen and oxygen atoms in total. The van der Waals surface area contributed by atoms with Crippen molar-refractivity contribution < 1.29 is 19.4 Å². The minimum atomic E-state index is -1.34. The van der Waals surface area contributed by atoms with Crippen molar-refractivity contribution in [1.29, 1.82) is 0 Å². The summed E-state index contributed by atoms with van der Waals surface area (Å²) in [5, 5.41) is 10.9. The zero-order chi connectivity index (χ0) is 14.4. The van der Waals surface area contributed by atoms with Gasteiger partial charge in [0.25, 0.3) is 0 Å². The third kappa shape index (κ3) is 2.10. The number of ether oxygens (including phenoxy) is 1. The van der Waals surface area contributed by atoms with Gasteiger partial charge in [-0.15, -0.1) is 0 Å². The van der Waals surface area contributed by atoms with Crippen LogP contribution in [0.25, 0.3) is 0 Å². The van der Waals surface area contributed by atoms with E-state index in [0.29, 0.717) is 12.3 Å². The summed E-state index contributed by atoms with van der Waals surface area (Å²) in [5.74, 6) is 0.149. The third-order valence-corrected chi connectivity index (χ3v) is 5.61. The third-order valence-electron chi connectivity index (χ3n) is 5.61. The molecule has 0 spiro atoms. The van der Waals surface area contributed by atoms with Gasteiger partial charge in [-0.3, -0.25) is 9.59 Å². The molecule has 0 aromatic rings. The van der Waals surface area contributed by atoms with E-state index in [1.807, 2.05) is 6.92 Å². The lowest BCUT2D eigenvalue weighted by molar-refractivity contribution is -0.201. The van der Waals surface area contributed by atoms with E-state index in [1.54, 1.807) is 0 Å². The molecule has 19 heavy (non-hydrogen) atoms. The Bertz CT molecular complexity index is 405.